The lowest BCUT2D eigenvalue weighted by Crippen LogP contribution is -2.11. The summed E-state index contributed by atoms with van der Waals surface area (Å²) in [7, 11) is 2.10. The third-order valence-corrected chi connectivity index (χ3v) is 4.12. The Balaban J connectivity index is 2.01. The lowest BCUT2D eigenvalue weighted by molar-refractivity contribution is 0.493. The highest BCUT2D eigenvalue weighted by atomic mass is 32.2. The van der Waals surface area contributed by atoms with E-state index in [0.717, 1.165) is 29.1 Å². The molecule has 1 N–H and O–H groups in total. The maximum atomic E-state index is 7.85. The molecule has 3 nitrogen and oxygen atoms in total. The Morgan fingerprint density at radius 2 is 2.12 bits per heavy atom. The highest BCUT2D eigenvalue weighted by Crippen LogP contribution is 2.28. The van der Waals surface area contributed by atoms with Gasteiger partial charge in [0.15, 0.2) is 5.84 Å². The zero-order valence-corrected chi connectivity index (χ0v) is 10.4. The Hall–Kier alpha value is -1.55. The number of aliphatic imine (C=N–C) groups is 1. The van der Waals surface area contributed by atoms with Crippen molar-refractivity contribution in [2.75, 3.05) is 19.3 Å². The van der Waals surface area contributed by atoms with Crippen molar-refractivity contribution >= 4 is 23.3 Å². The number of amidine groups is 1. The molecule has 0 bridgehead atoms. The van der Waals surface area contributed by atoms with E-state index in [1.165, 1.54) is 5.03 Å². The van der Waals surface area contributed by atoms with Crippen LogP contribution in [0.15, 0.2) is 40.4 Å². The fourth-order valence-electron chi connectivity index (χ4n) is 2.04. The van der Waals surface area contributed by atoms with Crippen LogP contribution in [0.2, 0.25) is 0 Å². The van der Waals surface area contributed by atoms with Crippen LogP contribution in [0.3, 0.4) is 0 Å². The van der Waals surface area contributed by atoms with Crippen molar-refractivity contribution in [2.24, 2.45) is 4.99 Å². The summed E-state index contributed by atoms with van der Waals surface area (Å²) in [5, 5.41) is 9.09. The van der Waals surface area contributed by atoms with Gasteiger partial charge in [-0.15, -0.1) is 11.8 Å². The van der Waals surface area contributed by atoms with E-state index in [-0.39, 0.29) is 0 Å². The maximum absolute atomic E-state index is 7.85. The van der Waals surface area contributed by atoms with Gasteiger partial charge in [0.25, 0.3) is 0 Å². The van der Waals surface area contributed by atoms with Gasteiger partial charge >= 0.3 is 0 Å². The van der Waals surface area contributed by atoms with Gasteiger partial charge < -0.3 is 4.90 Å². The van der Waals surface area contributed by atoms with E-state index in [4.69, 9.17) is 5.41 Å². The fraction of sp³-hybridized carbons (Fsp3) is 0.231. The van der Waals surface area contributed by atoms with E-state index in [0.29, 0.717) is 5.84 Å². The minimum atomic E-state index is 0.373. The molecule has 4 heteroatoms. The number of nitrogens with zero attached hydrogens (tertiary/aromatic N) is 2. The summed E-state index contributed by atoms with van der Waals surface area (Å²) >= 11 is 1.85. The molecular weight excluding hydrogens is 230 g/mol. The first-order chi connectivity index (χ1) is 8.25. The molecule has 2 aliphatic rings. The Labute approximate surface area is 105 Å². The number of thioether (sulfide) groups is 1. The van der Waals surface area contributed by atoms with Gasteiger partial charge in [-0.05, 0) is 6.08 Å². The summed E-state index contributed by atoms with van der Waals surface area (Å²) in [6.45, 7) is 1.09. The average Bonchev–Trinajstić information content (AvgIpc) is 2.87. The van der Waals surface area contributed by atoms with Crippen molar-refractivity contribution in [1.29, 1.82) is 5.41 Å². The fourth-order valence-corrected chi connectivity index (χ4v) is 3.12. The first-order valence-electron chi connectivity index (χ1n) is 5.58. The van der Waals surface area contributed by atoms with Crippen LogP contribution in [-0.2, 0) is 0 Å². The van der Waals surface area contributed by atoms with E-state index in [1.54, 1.807) is 0 Å². The quantitative estimate of drug-likeness (QED) is 0.822. The zero-order valence-electron chi connectivity index (χ0n) is 9.60. The van der Waals surface area contributed by atoms with Gasteiger partial charge in [0.1, 0.15) is 0 Å². The highest BCUT2D eigenvalue weighted by molar-refractivity contribution is 8.03. The second kappa shape index (κ2) is 4.04. The van der Waals surface area contributed by atoms with Crippen LogP contribution in [-0.4, -0.2) is 35.8 Å². The second-order valence-electron chi connectivity index (χ2n) is 4.14. The minimum Gasteiger partial charge on any atom is -0.369 e. The molecule has 17 heavy (non-hydrogen) atoms. The Kier molecular flexibility index (Phi) is 2.52. The lowest BCUT2D eigenvalue weighted by Gasteiger charge is -2.10. The highest BCUT2D eigenvalue weighted by Gasteiger charge is 2.21. The van der Waals surface area contributed by atoms with E-state index < -0.39 is 0 Å². The summed E-state index contributed by atoms with van der Waals surface area (Å²) < 4.78 is 0. The van der Waals surface area contributed by atoms with Crippen LogP contribution in [0, 0.1) is 5.41 Å². The number of fused-ring (bicyclic) bond motifs is 1. The number of rotatable bonds is 1. The van der Waals surface area contributed by atoms with Gasteiger partial charge in [-0.2, -0.15) is 0 Å². The summed E-state index contributed by atoms with van der Waals surface area (Å²) in [6, 6.07) is 7.94. The molecule has 0 amide bonds. The molecule has 0 atom stereocenters. The molecule has 86 valence electrons. The van der Waals surface area contributed by atoms with E-state index in [2.05, 4.69) is 23.0 Å². The minimum absolute atomic E-state index is 0.373. The number of hydrogen-bond donors (Lipinski definition) is 1. The molecule has 0 unspecified atom stereocenters. The third kappa shape index (κ3) is 1.78. The maximum Gasteiger partial charge on any atom is 0.153 e. The predicted octanol–water partition coefficient (Wildman–Crippen LogP) is 2.33. The molecule has 0 spiro atoms. The first kappa shape index (κ1) is 10.6. The largest absolute Gasteiger partial charge is 0.369 e. The molecule has 1 aromatic carbocycles. The molecule has 2 aliphatic heterocycles. The topological polar surface area (TPSA) is 39.5 Å². The number of nitrogens with one attached hydrogen (secondary N) is 1. The van der Waals surface area contributed by atoms with Crippen LogP contribution in [0.5, 0.6) is 0 Å². The standard InChI is InChI=1S/C13H13N3S/c1-16-6-7-17-12(16)8-11-9-4-2-3-5-10(9)13(14)15-11/h2-5,8,14H,6-7H2,1H3. The molecule has 1 saturated heterocycles. The van der Waals surface area contributed by atoms with Crippen LogP contribution in [0.4, 0.5) is 0 Å². The lowest BCUT2D eigenvalue weighted by atomic mass is 10.1. The van der Waals surface area contributed by atoms with Gasteiger partial charge in [0.2, 0.25) is 0 Å². The molecule has 3 rings (SSSR count). The van der Waals surface area contributed by atoms with Crippen LogP contribution < -0.4 is 0 Å². The zero-order chi connectivity index (χ0) is 11.8. The molecule has 0 saturated carbocycles. The summed E-state index contributed by atoms with van der Waals surface area (Å²) in [4.78, 5) is 6.57. The van der Waals surface area contributed by atoms with Crippen LogP contribution >= 0.6 is 11.8 Å². The van der Waals surface area contributed by atoms with Gasteiger partial charge in [-0.25, -0.2) is 4.99 Å². The summed E-state index contributed by atoms with van der Waals surface area (Å²) in [6.07, 6.45) is 2.10. The van der Waals surface area contributed by atoms with Crippen molar-refractivity contribution in [1.82, 2.24) is 4.90 Å². The number of hydrogen-bond acceptors (Lipinski definition) is 3. The summed E-state index contributed by atoms with van der Waals surface area (Å²) in [5.41, 5.74) is 2.93. The van der Waals surface area contributed by atoms with E-state index in [9.17, 15) is 0 Å². The molecule has 0 radical (unpaired) electrons. The van der Waals surface area contributed by atoms with Gasteiger partial charge in [0.05, 0.1) is 10.7 Å². The van der Waals surface area contributed by atoms with Crippen molar-refractivity contribution < 1.29 is 0 Å². The van der Waals surface area contributed by atoms with Crippen molar-refractivity contribution in [3.63, 3.8) is 0 Å². The van der Waals surface area contributed by atoms with Crippen LogP contribution in [0.25, 0.3) is 0 Å². The SMILES string of the molecule is CN1CCSC1=CC1=NC(=N)c2ccccc21. The molecule has 0 aromatic heterocycles. The molecular formula is C13H13N3S. The van der Waals surface area contributed by atoms with Gasteiger partial charge in [-0.1, -0.05) is 24.3 Å². The first-order valence-corrected chi connectivity index (χ1v) is 6.57. The Morgan fingerprint density at radius 3 is 2.82 bits per heavy atom. The smallest absolute Gasteiger partial charge is 0.153 e. The van der Waals surface area contributed by atoms with Crippen molar-refractivity contribution in [2.45, 2.75) is 0 Å². The monoisotopic (exact) mass is 243 g/mol. The number of benzene rings is 1. The molecule has 1 fully saturated rings. The molecule has 0 aliphatic carbocycles. The van der Waals surface area contributed by atoms with Gasteiger partial charge in [0, 0.05) is 30.5 Å². The van der Waals surface area contributed by atoms with Crippen LogP contribution in [0.1, 0.15) is 11.1 Å². The third-order valence-electron chi connectivity index (χ3n) is 3.00. The average molecular weight is 243 g/mol. The number of allylic oxidation sites excluding steroid dienone is 1. The Bertz CT molecular complexity index is 545. The Morgan fingerprint density at radius 1 is 1.35 bits per heavy atom. The van der Waals surface area contributed by atoms with Crippen molar-refractivity contribution in [3.8, 4) is 0 Å². The summed E-state index contributed by atoms with van der Waals surface area (Å²) in [5.74, 6) is 1.51. The van der Waals surface area contributed by atoms with Gasteiger partial charge in [-0.3, -0.25) is 5.41 Å². The molecule has 1 aromatic rings. The van der Waals surface area contributed by atoms with E-state index in [1.807, 2.05) is 36.0 Å². The van der Waals surface area contributed by atoms with Crippen molar-refractivity contribution in [3.05, 3.63) is 46.5 Å². The predicted molar refractivity (Wildman–Crippen MR) is 73.0 cm³/mol. The normalized spacial score (nSPS) is 21.0. The molecule has 2 heterocycles. The second-order valence-corrected chi connectivity index (χ2v) is 5.26. The van der Waals surface area contributed by atoms with E-state index >= 15 is 0 Å².